The molecule has 156 valence electrons. The Morgan fingerprint density at radius 2 is 2.03 bits per heavy atom. The Balaban J connectivity index is 1.60. The molecule has 0 saturated carbocycles. The van der Waals surface area contributed by atoms with Gasteiger partial charge in [0.1, 0.15) is 24.1 Å². The van der Waals surface area contributed by atoms with E-state index < -0.39 is 46.7 Å². The summed E-state index contributed by atoms with van der Waals surface area (Å²) in [6, 6.07) is 6.47. The predicted molar refractivity (Wildman–Crippen MR) is 104 cm³/mol. The molecule has 5 N–H and O–H groups in total. The zero-order valence-electron chi connectivity index (χ0n) is 15.1. The number of ether oxygens (including phenoxy) is 2. The van der Waals surface area contributed by atoms with Gasteiger partial charge in [-0.1, -0.05) is 12.1 Å². The van der Waals surface area contributed by atoms with Crippen LogP contribution in [0, 0.1) is 0 Å². The van der Waals surface area contributed by atoms with Gasteiger partial charge in [-0.3, -0.25) is 19.1 Å². The largest absolute Gasteiger partial charge is 0.508 e. The van der Waals surface area contributed by atoms with Gasteiger partial charge >= 0.3 is 11.7 Å². The number of nitrogens with one attached hydrogen (secondary N) is 1. The number of aromatic hydroxyl groups is 1. The van der Waals surface area contributed by atoms with Gasteiger partial charge in [-0.05, 0) is 40.0 Å². The summed E-state index contributed by atoms with van der Waals surface area (Å²) >= 11 is 3.18. The van der Waals surface area contributed by atoms with Crippen LogP contribution in [-0.2, 0) is 20.7 Å². The summed E-state index contributed by atoms with van der Waals surface area (Å²) in [4.78, 5) is 37.4. The van der Waals surface area contributed by atoms with Gasteiger partial charge in [0.2, 0.25) is 0 Å². The van der Waals surface area contributed by atoms with Gasteiger partial charge in [0.05, 0.1) is 6.10 Å². The van der Waals surface area contributed by atoms with Gasteiger partial charge in [-0.2, -0.15) is 0 Å². The molecule has 0 bridgehead atoms. The molecule has 1 fully saturated rings. The van der Waals surface area contributed by atoms with E-state index in [1.807, 2.05) is 0 Å². The van der Waals surface area contributed by atoms with Crippen LogP contribution < -0.4 is 17.0 Å². The fourth-order valence-electron chi connectivity index (χ4n) is 2.97. The summed E-state index contributed by atoms with van der Waals surface area (Å²) in [5.41, 5.74) is 5.41. The van der Waals surface area contributed by atoms with Crippen LogP contribution in [0.15, 0.2) is 46.1 Å². The maximum absolute atomic E-state index is 12.3. The van der Waals surface area contributed by atoms with Crippen LogP contribution in [0.2, 0.25) is 0 Å². The number of aromatic amines is 1. The van der Waals surface area contributed by atoms with E-state index in [1.54, 1.807) is 12.1 Å². The van der Waals surface area contributed by atoms with Crippen LogP contribution in [0.1, 0.15) is 18.2 Å². The van der Waals surface area contributed by atoms with Gasteiger partial charge in [-0.25, -0.2) is 4.79 Å². The second-order valence-electron chi connectivity index (χ2n) is 6.64. The van der Waals surface area contributed by atoms with Crippen molar-refractivity contribution >= 4 is 21.9 Å². The van der Waals surface area contributed by atoms with Gasteiger partial charge in [-0.15, -0.1) is 0 Å². The average molecular weight is 470 g/mol. The molecule has 0 radical (unpaired) electrons. The maximum Gasteiger partial charge on any atom is 0.330 e. The summed E-state index contributed by atoms with van der Waals surface area (Å²) in [7, 11) is 0. The molecule has 2 aromatic rings. The summed E-state index contributed by atoms with van der Waals surface area (Å²) in [6.45, 7) is 0. The van der Waals surface area contributed by atoms with E-state index in [1.165, 1.54) is 24.4 Å². The molecule has 2 heterocycles. The summed E-state index contributed by atoms with van der Waals surface area (Å²) in [6.07, 6.45) is -1.27. The van der Waals surface area contributed by atoms with Crippen LogP contribution in [0.5, 0.6) is 5.75 Å². The van der Waals surface area contributed by atoms with Crippen LogP contribution >= 0.6 is 15.9 Å². The number of esters is 1. The summed E-state index contributed by atoms with van der Waals surface area (Å²) in [5.74, 6) is -0.602. The van der Waals surface area contributed by atoms with Gasteiger partial charge in [0.25, 0.3) is 5.56 Å². The van der Waals surface area contributed by atoms with Crippen LogP contribution in [0.25, 0.3) is 0 Å². The number of carbonyl (C=O) groups excluding carboxylic acids is 1. The smallest absolute Gasteiger partial charge is 0.330 e. The van der Waals surface area contributed by atoms with Crippen molar-refractivity contribution < 1.29 is 24.5 Å². The van der Waals surface area contributed by atoms with E-state index in [-0.39, 0.29) is 18.6 Å². The highest BCUT2D eigenvalue weighted by atomic mass is 79.9. The first-order valence-electron chi connectivity index (χ1n) is 8.77. The number of halogens is 1. The molecule has 0 spiro atoms. The third-order valence-electron chi connectivity index (χ3n) is 4.48. The quantitative estimate of drug-likeness (QED) is 0.332. The van der Waals surface area contributed by atoms with Crippen molar-refractivity contribution in [3.63, 3.8) is 0 Å². The molecule has 1 aromatic carbocycles. The maximum atomic E-state index is 12.3. The van der Waals surface area contributed by atoms with E-state index >= 15 is 0 Å². The zero-order chi connectivity index (χ0) is 21.1. The number of hydrogen-bond acceptors (Lipinski definition) is 8. The topological polar surface area (TPSA) is 157 Å². The average Bonchev–Trinajstić information content (AvgIpc) is 3.05. The number of H-pyrrole nitrogens is 1. The number of nitrogens with two attached hydrogens (primary N) is 1. The van der Waals surface area contributed by atoms with Crippen molar-refractivity contribution in [3.8, 4) is 5.75 Å². The second kappa shape index (κ2) is 8.91. The molecule has 1 unspecified atom stereocenters. The van der Waals surface area contributed by atoms with E-state index in [2.05, 4.69) is 20.9 Å². The first-order chi connectivity index (χ1) is 13.7. The highest BCUT2D eigenvalue weighted by Gasteiger charge is 2.41. The van der Waals surface area contributed by atoms with E-state index in [0.717, 1.165) is 10.1 Å². The molecule has 0 aliphatic carbocycles. The number of nitrogens with zero attached hydrogens (tertiary/aromatic N) is 1. The van der Waals surface area contributed by atoms with Gasteiger partial charge in [0, 0.05) is 18.7 Å². The van der Waals surface area contributed by atoms with Crippen LogP contribution in [0.3, 0.4) is 0 Å². The van der Waals surface area contributed by atoms with E-state index in [9.17, 15) is 24.6 Å². The predicted octanol–water partition coefficient (Wildman–Crippen LogP) is -0.275. The molecule has 1 saturated heterocycles. The third kappa shape index (κ3) is 5.12. The molecule has 1 aromatic heterocycles. The Bertz CT molecular complexity index is 974. The Kier molecular flexibility index (Phi) is 6.52. The number of phenolic OH excluding ortho intramolecular Hbond substituents is 1. The Labute approximate surface area is 173 Å². The van der Waals surface area contributed by atoms with Crippen LogP contribution in [-0.4, -0.2) is 49.0 Å². The fourth-order valence-corrected chi connectivity index (χ4v) is 3.63. The van der Waals surface area contributed by atoms with Gasteiger partial charge in [0.15, 0.2) is 5.01 Å². The van der Waals surface area contributed by atoms with Crippen molar-refractivity contribution in [2.24, 2.45) is 5.73 Å². The molecule has 5 atom stereocenters. The lowest BCUT2D eigenvalue weighted by molar-refractivity contribution is -0.154. The molecule has 1 aliphatic rings. The number of phenols is 1. The molecule has 3 rings (SSSR count). The third-order valence-corrected chi connectivity index (χ3v) is 5.19. The fraction of sp³-hybridized carbons (Fsp3) is 0.389. The lowest BCUT2D eigenvalue weighted by atomic mass is 10.1. The Morgan fingerprint density at radius 1 is 1.34 bits per heavy atom. The SMILES string of the molecule is N[C@@H](Cc1ccc(O)cc1)C(=O)OC(Br)[C@H]1O[C@@H](n2ccc(=O)[nH]c2=O)C[C@@H]1O. The Hall–Kier alpha value is -2.47. The van der Waals surface area contributed by atoms with E-state index in [0.29, 0.717) is 0 Å². The second-order valence-corrected chi connectivity index (χ2v) is 7.54. The zero-order valence-corrected chi connectivity index (χ0v) is 16.7. The van der Waals surface area contributed by atoms with Crippen molar-refractivity contribution in [1.82, 2.24) is 9.55 Å². The monoisotopic (exact) mass is 469 g/mol. The number of hydrogen-bond donors (Lipinski definition) is 4. The number of aromatic nitrogens is 2. The molecule has 11 heteroatoms. The Morgan fingerprint density at radius 3 is 2.69 bits per heavy atom. The minimum Gasteiger partial charge on any atom is -0.508 e. The lowest BCUT2D eigenvalue weighted by Crippen LogP contribution is -2.40. The minimum absolute atomic E-state index is 0.0653. The van der Waals surface area contributed by atoms with Crippen LogP contribution in [0.4, 0.5) is 0 Å². The standard InChI is InChI=1S/C18H20BrN3O7/c19-16(29-17(26)11(20)7-9-1-3-10(23)4-2-9)15-12(24)8-14(28-15)22-6-5-13(25)21-18(22)27/h1-6,11-12,14-16,23-24H,7-8,20H2,(H,21,25,27)/t11-,12-,14+,15-,16?/m0/s1. The minimum atomic E-state index is -1.02. The van der Waals surface area contributed by atoms with Crippen molar-refractivity contribution in [3.05, 3.63) is 62.9 Å². The molecular formula is C18H20BrN3O7. The lowest BCUT2D eigenvalue weighted by Gasteiger charge is -2.22. The highest BCUT2D eigenvalue weighted by molar-refractivity contribution is 9.09. The first kappa shape index (κ1) is 21.2. The molecule has 10 nitrogen and oxygen atoms in total. The van der Waals surface area contributed by atoms with Crippen molar-refractivity contribution in [2.45, 2.75) is 42.3 Å². The number of aliphatic hydroxyl groups excluding tert-OH is 1. The highest BCUT2D eigenvalue weighted by Crippen LogP contribution is 2.32. The molecule has 29 heavy (non-hydrogen) atoms. The number of alkyl halides is 1. The number of rotatable bonds is 6. The molecule has 0 amide bonds. The van der Waals surface area contributed by atoms with E-state index in [4.69, 9.17) is 15.2 Å². The number of carbonyl (C=O) groups is 1. The number of aliphatic hydroxyl groups is 1. The normalized spacial score (nSPS) is 23.5. The molecule has 1 aliphatic heterocycles. The van der Waals surface area contributed by atoms with Gasteiger partial charge < -0.3 is 25.4 Å². The van der Waals surface area contributed by atoms with Crippen molar-refractivity contribution in [1.29, 1.82) is 0 Å². The first-order valence-corrected chi connectivity index (χ1v) is 9.69. The molecular weight excluding hydrogens is 450 g/mol. The summed E-state index contributed by atoms with van der Waals surface area (Å²) < 4.78 is 12.1. The van der Waals surface area contributed by atoms with Crippen molar-refractivity contribution in [2.75, 3.05) is 0 Å². The number of benzene rings is 1. The summed E-state index contributed by atoms with van der Waals surface area (Å²) in [5, 5.41) is 18.6.